The molecule has 0 aromatic rings. The van der Waals surface area contributed by atoms with Crippen molar-refractivity contribution in [3.8, 4) is 0 Å². The molecule has 282 valence electrons. The van der Waals surface area contributed by atoms with Gasteiger partial charge in [0.25, 0.3) is 7.82 Å². The lowest BCUT2D eigenvalue weighted by Crippen LogP contribution is -2.37. The first-order valence-electron chi connectivity index (χ1n) is 19.8. The number of rotatable bonds is 37. The topological polar surface area (TPSA) is 94.1 Å². The predicted octanol–water partition coefficient (Wildman–Crippen LogP) is 10.3. The molecule has 0 aliphatic carbocycles. The molecule has 0 amide bonds. The minimum Gasteiger partial charge on any atom is -0.756 e. The van der Waals surface area contributed by atoms with Gasteiger partial charge >= 0.3 is 5.97 Å². The summed E-state index contributed by atoms with van der Waals surface area (Å²) < 4.78 is 34.4. The van der Waals surface area contributed by atoms with Crippen LogP contribution in [0.15, 0.2) is 0 Å². The third kappa shape index (κ3) is 36.6. The monoisotopic (exact) mass is 692 g/mol. The summed E-state index contributed by atoms with van der Waals surface area (Å²) in [6.07, 6.45) is 31.0. The molecule has 47 heavy (non-hydrogen) atoms. The Morgan fingerprint density at radius 1 is 0.574 bits per heavy atom. The summed E-state index contributed by atoms with van der Waals surface area (Å²) in [5.41, 5.74) is 0. The van der Waals surface area contributed by atoms with Crippen molar-refractivity contribution < 1.29 is 37.3 Å². The zero-order valence-corrected chi connectivity index (χ0v) is 32.6. The molecule has 2 atom stereocenters. The minimum absolute atomic E-state index is 0.0310. The Bertz CT molecular complexity index is 731. The number of likely N-dealkylation sites (N-methyl/N-ethyl adjacent to an activating group) is 1. The van der Waals surface area contributed by atoms with E-state index in [4.69, 9.17) is 18.5 Å². The zero-order chi connectivity index (χ0) is 34.9. The molecule has 1 unspecified atom stereocenters. The van der Waals surface area contributed by atoms with Gasteiger partial charge in [0.05, 0.1) is 34.4 Å². The molecule has 0 saturated heterocycles. The van der Waals surface area contributed by atoms with Crippen LogP contribution in [0.2, 0.25) is 0 Å². The molecule has 0 saturated carbocycles. The lowest BCUT2D eigenvalue weighted by atomic mass is 10.0. The molecular weight excluding hydrogens is 613 g/mol. The molecule has 0 aliphatic rings. The van der Waals surface area contributed by atoms with E-state index in [0.29, 0.717) is 24.1 Å². The number of esters is 1. The van der Waals surface area contributed by atoms with Crippen LogP contribution in [0, 0.1) is 0 Å². The number of carbonyl (C=O) groups excluding carboxylic acids is 1. The molecule has 0 N–H and O–H groups in total. The Hall–Kier alpha value is -0.500. The molecule has 0 spiro atoms. The Kier molecular flexibility index (Phi) is 32.3. The van der Waals surface area contributed by atoms with E-state index in [-0.39, 0.29) is 25.8 Å². The third-order valence-electron chi connectivity index (χ3n) is 8.66. The molecule has 0 rings (SSSR count). The van der Waals surface area contributed by atoms with Crippen LogP contribution in [0.5, 0.6) is 0 Å². The Labute approximate surface area is 291 Å². The van der Waals surface area contributed by atoms with Gasteiger partial charge in [-0.1, -0.05) is 162 Å². The number of hydrogen-bond acceptors (Lipinski definition) is 7. The fourth-order valence-corrected chi connectivity index (χ4v) is 6.27. The fraction of sp³-hybridized carbons (Fsp3) is 0.974. The van der Waals surface area contributed by atoms with Crippen molar-refractivity contribution in [3.63, 3.8) is 0 Å². The molecule has 0 aromatic carbocycles. The lowest BCUT2D eigenvalue weighted by molar-refractivity contribution is -0.870. The van der Waals surface area contributed by atoms with Crippen molar-refractivity contribution in [1.82, 2.24) is 0 Å². The maximum Gasteiger partial charge on any atom is 0.306 e. The average Bonchev–Trinajstić information content (AvgIpc) is 3.01. The molecule has 0 aromatic heterocycles. The molecule has 0 aliphatic heterocycles. The lowest BCUT2D eigenvalue weighted by Gasteiger charge is -2.28. The van der Waals surface area contributed by atoms with Crippen LogP contribution >= 0.6 is 7.82 Å². The van der Waals surface area contributed by atoms with Gasteiger partial charge in [0.15, 0.2) is 0 Å². The zero-order valence-electron chi connectivity index (χ0n) is 31.7. The van der Waals surface area contributed by atoms with Crippen LogP contribution in [0.1, 0.15) is 181 Å². The second kappa shape index (κ2) is 32.7. The van der Waals surface area contributed by atoms with Gasteiger partial charge in [0, 0.05) is 13.0 Å². The van der Waals surface area contributed by atoms with Crippen molar-refractivity contribution >= 4 is 13.8 Å². The predicted molar refractivity (Wildman–Crippen MR) is 194 cm³/mol. The number of ether oxygens (including phenoxy) is 2. The van der Waals surface area contributed by atoms with Gasteiger partial charge in [-0.15, -0.1) is 0 Å². The smallest absolute Gasteiger partial charge is 0.306 e. The number of carbonyl (C=O) groups is 1. The molecule has 0 bridgehead atoms. The standard InChI is InChI=1S/C38H78NO7P/c1-6-8-10-12-14-16-18-20-21-23-25-27-29-31-38(40)46-37(36-45-47(41,42)44-34-32-39(3,4)5)35-43-33-30-28-26-24-22-19-17-15-13-11-9-7-2/h37H,6-36H2,1-5H3/t37-/m1/s1. The van der Waals surface area contributed by atoms with E-state index in [0.717, 1.165) is 32.1 Å². The summed E-state index contributed by atoms with van der Waals surface area (Å²) in [6, 6.07) is 0. The van der Waals surface area contributed by atoms with Crippen LogP contribution < -0.4 is 4.89 Å². The normalized spacial score (nSPS) is 13.9. The van der Waals surface area contributed by atoms with Crippen LogP contribution in [0.3, 0.4) is 0 Å². The van der Waals surface area contributed by atoms with Crippen molar-refractivity contribution in [2.45, 2.75) is 187 Å². The highest BCUT2D eigenvalue weighted by Crippen LogP contribution is 2.38. The first-order valence-corrected chi connectivity index (χ1v) is 21.2. The quantitative estimate of drug-likeness (QED) is 0.0277. The summed E-state index contributed by atoms with van der Waals surface area (Å²) in [4.78, 5) is 24.9. The largest absolute Gasteiger partial charge is 0.756 e. The summed E-state index contributed by atoms with van der Waals surface area (Å²) in [6.45, 7) is 5.44. The van der Waals surface area contributed by atoms with Gasteiger partial charge in [-0.25, -0.2) is 0 Å². The van der Waals surface area contributed by atoms with Crippen molar-refractivity contribution in [3.05, 3.63) is 0 Å². The molecule has 0 heterocycles. The van der Waals surface area contributed by atoms with E-state index < -0.39 is 13.9 Å². The van der Waals surface area contributed by atoms with E-state index in [1.807, 2.05) is 21.1 Å². The van der Waals surface area contributed by atoms with E-state index in [1.165, 1.54) is 128 Å². The van der Waals surface area contributed by atoms with E-state index >= 15 is 0 Å². The highest BCUT2D eigenvalue weighted by atomic mass is 31.2. The van der Waals surface area contributed by atoms with Crippen LogP contribution in [0.25, 0.3) is 0 Å². The molecule has 0 radical (unpaired) electrons. The summed E-state index contributed by atoms with van der Waals surface area (Å²) in [5, 5.41) is 0. The van der Waals surface area contributed by atoms with Crippen LogP contribution in [-0.2, 0) is 27.9 Å². The molecular formula is C38H78NO7P. The summed E-state index contributed by atoms with van der Waals surface area (Å²) >= 11 is 0. The molecule has 8 nitrogen and oxygen atoms in total. The van der Waals surface area contributed by atoms with Gasteiger partial charge in [0.1, 0.15) is 19.3 Å². The maximum absolute atomic E-state index is 12.6. The van der Waals surface area contributed by atoms with Crippen molar-refractivity contribution in [2.75, 3.05) is 54.1 Å². The highest BCUT2D eigenvalue weighted by molar-refractivity contribution is 7.45. The highest BCUT2D eigenvalue weighted by Gasteiger charge is 2.20. The summed E-state index contributed by atoms with van der Waals surface area (Å²) in [5.74, 6) is -0.331. The maximum atomic E-state index is 12.6. The minimum atomic E-state index is -4.51. The van der Waals surface area contributed by atoms with Gasteiger partial charge < -0.3 is 27.9 Å². The Morgan fingerprint density at radius 3 is 1.40 bits per heavy atom. The number of hydrogen-bond donors (Lipinski definition) is 0. The van der Waals surface area contributed by atoms with E-state index in [2.05, 4.69) is 13.8 Å². The first-order chi connectivity index (χ1) is 22.6. The van der Waals surface area contributed by atoms with Crippen molar-refractivity contribution in [1.29, 1.82) is 0 Å². The number of nitrogens with zero attached hydrogens (tertiary/aromatic N) is 1. The van der Waals surface area contributed by atoms with Gasteiger partial charge in [-0.05, 0) is 12.8 Å². The third-order valence-corrected chi connectivity index (χ3v) is 9.62. The number of quaternary nitrogens is 1. The number of phosphoric acid groups is 1. The second-order valence-corrected chi connectivity index (χ2v) is 16.1. The fourth-order valence-electron chi connectivity index (χ4n) is 5.55. The van der Waals surface area contributed by atoms with Gasteiger partial charge in [0.2, 0.25) is 0 Å². The molecule has 0 fully saturated rings. The van der Waals surface area contributed by atoms with Crippen molar-refractivity contribution in [2.24, 2.45) is 0 Å². The first kappa shape index (κ1) is 46.5. The van der Waals surface area contributed by atoms with E-state index in [1.54, 1.807) is 0 Å². The number of phosphoric ester groups is 1. The Balaban J connectivity index is 4.26. The number of unbranched alkanes of at least 4 members (excludes halogenated alkanes) is 23. The van der Waals surface area contributed by atoms with Gasteiger partial charge in [-0.2, -0.15) is 0 Å². The van der Waals surface area contributed by atoms with Crippen LogP contribution in [-0.4, -0.2) is 70.7 Å². The Morgan fingerprint density at radius 2 is 0.979 bits per heavy atom. The summed E-state index contributed by atoms with van der Waals surface area (Å²) in [7, 11) is 1.37. The van der Waals surface area contributed by atoms with Gasteiger partial charge in [-0.3, -0.25) is 9.36 Å². The molecule has 9 heteroatoms. The van der Waals surface area contributed by atoms with Crippen LogP contribution in [0.4, 0.5) is 0 Å². The average molecular weight is 692 g/mol. The second-order valence-electron chi connectivity index (χ2n) is 14.7. The van der Waals surface area contributed by atoms with E-state index in [9.17, 15) is 14.3 Å². The SMILES string of the molecule is CCCCCCCCCCCCCCCC(=O)O[C@H](COCCCCCCCCCCCCCC)COP(=O)([O-])OCC[N+](C)(C)C.